The largest absolute Gasteiger partial charge is 0.398 e. The van der Waals surface area contributed by atoms with Crippen LogP contribution in [0.2, 0.25) is 0 Å². The Morgan fingerprint density at radius 3 is 2.42 bits per heavy atom. The second-order valence-electron chi connectivity index (χ2n) is 5.92. The number of amides is 1. The van der Waals surface area contributed by atoms with Gasteiger partial charge in [0.15, 0.2) is 0 Å². The zero-order valence-corrected chi connectivity index (χ0v) is 10.8. The van der Waals surface area contributed by atoms with E-state index in [9.17, 15) is 4.79 Å². The first-order valence-corrected chi connectivity index (χ1v) is 7.03. The first-order chi connectivity index (χ1) is 9.24. The minimum Gasteiger partial charge on any atom is -0.398 e. The molecule has 2 N–H and O–H groups in total. The molecule has 0 radical (unpaired) electrons. The molecule has 3 fully saturated rings. The van der Waals surface area contributed by atoms with Gasteiger partial charge in [0.1, 0.15) is 0 Å². The Hall–Kier alpha value is -1.55. The molecule has 100 valence electrons. The van der Waals surface area contributed by atoms with Gasteiger partial charge in [-0.3, -0.25) is 4.79 Å². The third kappa shape index (κ3) is 1.59. The number of carbonyl (C=O) groups is 1. The van der Waals surface area contributed by atoms with Crippen molar-refractivity contribution in [2.45, 2.75) is 25.0 Å². The van der Waals surface area contributed by atoms with Crippen molar-refractivity contribution >= 4 is 11.6 Å². The maximum atomic E-state index is 12.5. The SMILES string of the molecule is Nc1ccccc1C(=O)N1CC2C3CCC(O3)C2C1. The first-order valence-electron chi connectivity index (χ1n) is 7.03. The highest BCUT2D eigenvalue weighted by Gasteiger charge is 2.53. The Morgan fingerprint density at radius 1 is 1.16 bits per heavy atom. The number of fused-ring (bicyclic) bond motifs is 5. The van der Waals surface area contributed by atoms with Gasteiger partial charge in [-0.15, -0.1) is 0 Å². The van der Waals surface area contributed by atoms with Gasteiger partial charge in [0, 0.05) is 30.6 Å². The van der Waals surface area contributed by atoms with Crippen LogP contribution in [0.15, 0.2) is 24.3 Å². The van der Waals surface area contributed by atoms with E-state index in [0.717, 1.165) is 13.1 Å². The molecule has 4 unspecified atom stereocenters. The maximum absolute atomic E-state index is 12.5. The molecule has 2 bridgehead atoms. The topological polar surface area (TPSA) is 55.6 Å². The minimum atomic E-state index is 0.0758. The van der Waals surface area contributed by atoms with Crippen LogP contribution in [-0.4, -0.2) is 36.1 Å². The molecule has 1 aromatic rings. The number of hydrogen-bond donors (Lipinski definition) is 1. The summed E-state index contributed by atoms with van der Waals surface area (Å²) in [4.78, 5) is 14.5. The van der Waals surface area contributed by atoms with Crippen molar-refractivity contribution in [3.63, 3.8) is 0 Å². The summed E-state index contributed by atoms with van der Waals surface area (Å²) >= 11 is 0. The molecule has 3 heterocycles. The predicted octanol–water partition coefficient (Wildman–Crippen LogP) is 1.52. The van der Waals surface area contributed by atoms with E-state index in [4.69, 9.17) is 10.5 Å². The van der Waals surface area contributed by atoms with E-state index in [1.54, 1.807) is 6.07 Å². The van der Waals surface area contributed by atoms with Crippen LogP contribution in [0.4, 0.5) is 5.69 Å². The molecule has 4 rings (SSSR count). The molecular formula is C15H18N2O2. The molecule has 1 aromatic carbocycles. The molecule has 4 atom stereocenters. The number of nitrogen functional groups attached to an aromatic ring is 1. The first kappa shape index (κ1) is 11.3. The van der Waals surface area contributed by atoms with E-state index in [1.165, 1.54) is 12.8 Å². The lowest BCUT2D eigenvalue weighted by atomic mass is 9.82. The molecule has 1 amide bonds. The quantitative estimate of drug-likeness (QED) is 0.777. The predicted molar refractivity (Wildman–Crippen MR) is 71.6 cm³/mol. The van der Waals surface area contributed by atoms with Crippen molar-refractivity contribution in [3.8, 4) is 0 Å². The molecular weight excluding hydrogens is 240 g/mol. The fourth-order valence-corrected chi connectivity index (χ4v) is 3.99. The third-order valence-electron chi connectivity index (χ3n) is 4.93. The van der Waals surface area contributed by atoms with Crippen molar-refractivity contribution in [2.75, 3.05) is 18.8 Å². The minimum absolute atomic E-state index is 0.0758. The van der Waals surface area contributed by atoms with Crippen LogP contribution >= 0.6 is 0 Å². The van der Waals surface area contributed by atoms with Crippen LogP contribution in [0.3, 0.4) is 0 Å². The summed E-state index contributed by atoms with van der Waals surface area (Å²) in [5.74, 6) is 1.17. The fraction of sp³-hybridized carbons (Fsp3) is 0.533. The van der Waals surface area contributed by atoms with Crippen LogP contribution in [0.5, 0.6) is 0 Å². The van der Waals surface area contributed by atoms with Crippen molar-refractivity contribution < 1.29 is 9.53 Å². The third-order valence-corrected chi connectivity index (χ3v) is 4.93. The summed E-state index contributed by atoms with van der Waals surface area (Å²) in [7, 11) is 0. The van der Waals surface area contributed by atoms with Gasteiger partial charge in [-0.2, -0.15) is 0 Å². The van der Waals surface area contributed by atoms with Crippen LogP contribution in [0.1, 0.15) is 23.2 Å². The van der Waals surface area contributed by atoms with Gasteiger partial charge in [0.2, 0.25) is 0 Å². The van der Waals surface area contributed by atoms with Gasteiger partial charge >= 0.3 is 0 Å². The Balaban J connectivity index is 1.56. The van der Waals surface area contributed by atoms with E-state index in [0.29, 0.717) is 35.3 Å². The summed E-state index contributed by atoms with van der Waals surface area (Å²) < 4.78 is 5.93. The highest BCUT2D eigenvalue weighted by atomic mass is 16.5. The summed E-state index contributed by atoms with van der Waals surface area (Å²) in [5, 5.41) is 0. The van der Waals surface area contributed by atoms with Crippen LogP contribution in [0, 0.1) is 11.8 Å². The number of ether oxygens (including phenoxy) is 1. The number of para-hydroxylation sites is 1. The number of nitrogens with two attached hydrogens (primary N) is 1. The van der Waals surface area contributed by atoms with Crippen molar-refractivity contribution in [1.82, 2.24) is 4.90 Å². The number of rotatable bonds is 1. The van der Waals surface area contributed by atoms with Gasteiger partial charge in [-0.25, -0.2) is 0 Å². The van der Waals surface area contributed by atoms with Gasteiger partial charge in [0.05, 0.1) is 17.8 Å². The normalized spacial score (nSPS) is 35.7. The van der Waals surface area contributed by atoms with Crippen LogP contribution < -0.4 is 5.73 Å². The van der Waals surface area contributed by atoms with E-state index < -0.39 is 0 Å². The Morgan fingerprint density at radius 2 is 1.79 bits per heavy atom. The molecule has 0 spiro atoms. The number of hydrogen-bond acceptors (Lipinski definition) is 3. The Bertz CT molecular complexity index is 513. The van der Waals surface area contributed by atoms with Gasteiger partial charge in [0.25, 0.3) is 5.91 Å². The summed E-state index contributed by atoms with van der Waals surface area (Å²) in [5.41, 5.74) is 7.11. The number of anilines is 1. The lowest BCUT2D eigenvalue weighted by Crippen LogP contribution is -2.31. The van der Waals surface area contributed by atoms with Gasteiger partial charge in [-0.1, -0.05) is 12.1 Å². The number of benzene rings is 1. The molecule has 4 heteroatoms. The molecule has 0 saturated carbocycles. The Kier molecular flexibility index (Phi) is 2.36. The average molecular weight is 258 g/mol. The maximum Gasteiger partial charge on any atom is 0.255 e. The number of carbonyl (C=O) groups excluding carboxylic acids is 1. The van der Waals surface area contributed by atoms with E-state index in [2.05, 4.69) is 0 Å². The molecule has 4 nitrogen and oxygen atoms in total. The zero-order valence-electron chi connectivity index (χ0n) is 10.8. The van der Waals surface area contributed by atoms with Crippen LogP contribution in [-0.2, 0) is 4.74 Å². The molecule has 0 aromatic heterocycles. The van der Waals surface area contributed by atoms with Crippen molar-refractivity contribution in [3.05, 3.63) is 29.8 Å². The zero-order chi connectivity index (χ0) is 13.0. The summed E-state index contributed by atoms with van der Waals surface area (Å²) in [6.45, 7) is 1.66. The molecule has 19 heavy (non-hydrogen) atoms. The van der Waals surface area contributed by atoms with Gasteiger partial charge < -0.3 is 15.4 Å². The van der Waals surface area contributed by atoms with Crippen LogP contribution in [0.25, 0.3) is 0 Å². The summed E-state index contributed by atoms with van der Waals surface area (Å²) in [6, 6.07) is 7.33. The average Bonchev–Trinajstić information content (AvgIpc) is 3.10. The lowest BCUT2D eigenvalue weighted by Gasteiger charge is -2.19. The molecule has 3 saturated heterocycles. The monoisotopic (exact) mass is 258 g/mol. The van der Waals surface area contributed by atoms with Gasteiger partial charge in [-0.05, 0) is 25.0 Å². The Labute approximate surface area is 112 Å². The fourth-order valence-electron chi connectivity index (χ4n) is 3.99. The smallest absolute Gasteiger partial charge is 0.255 e. The number of nitrogens with zero attached hydrogens (tertiary/aromatic N) is 1. The van der Waals surface area contributed by atoms with E-state index in [-0.39, 0.29) is 5.91 Å². The second-order valence-corrected chi connectivity index (χ2v) is 5.92. The highest BCUT2D eigenvalue weighted by Crippen LogP contribution is 2.47. The van der Waals surface area contributed by atoms with Crippen molar-refractivity contribution in [1.29, 1.82) is 0 Å². The van der Waals surface area contributed by atoms with E-state index >= 15 is 0 Å². The molecule has 3 aliphatic heterocycles. The summed E-state index contributed by atoms with van der Waals surface area (Å²) in [6.07, 6.45) is 3.12. The van der Waals surface area contributed by atoms with E-state index in [1.807, 2.05) is 23.1 Å². The van der Waals surface area contributed by atoms with Crippen molar-refractivity contribution in [2.24, 2.45) is 11.8 Å². The lowest BCUT2D eigenvalue weighted by molar-refractivity contribution is 0.0595. The molecule has 3 aliphatic rings. The number of likely N-dealkylation sites (tertiary alicyclic amines) is 1. The standard InChI is InChI=1S/C15H18N2O2/c16-12-4-2-1-3-9(12)15(18)17-7-10-11(8-17)14-6-5-13(10)19-14/h1-4,10-11,13-14H,5-8,16H2. The second kappa shape index (κ2) is 3.97. The highest BCUT2D eigenvalue weighted by molar-refractivity contribution is 5.99. The molecule has 0 aliphatic carbocycles.